The van der Waals surface area contributed by atoms with Crippen molar-refractivity contribution in [3.05, 3.63) is 28.8 Å². The summed E-state index contributed by atoms with van der Waals surface area (Å²) in [7, 11) is 0. The fraction of sp³-hybridized carbons (Fsp3) is 0.538. The first-order valence-corrected chi connectivity index (χ1v) is 6.17. The minimum Gasteiger partial charge on any atom is -0.489 e. The van der Waals surface area contributed by atoms with E-state index in [0.717, 1.165) is 5.56 Å². The van der Waals surface area contributed by atoms with Crippen LogP contribution in [0.5, 0.6) is 5.75 Å². The summed E-state index contributed by atoms with van der Waals surface area (Å²) in [5, 5.41) is 13.4. The van der Waals surface area contributed by atoms with E-state index in [9.17, 15) is 5.11 Å². The molecule has 0 bridgehead atoms. The number of nitrogens with one attached hydrogen (secondary N) is 1. The van der Waals surface area contributed by atoms with Crippen LogP contribution in [0.2, 0.25) is 5.02 Å². The van der Waals surface area contributed by atoms with Crippen molar-refractivity contribution in [2.24, 2.45) is 0 Å². The second-order valence-electron chi connectivity index (χ2n) is 4.46. The number of aliphatic hydroxyl groups excluding tert-OH is 1. The van der Waals surface area contributed by atoms with E-state index in [1.54, 1.807) is 0 Å². The molecule has 0 aliphatic rings. The molecular formula is C13H20ClNO2. The molecule has 17 heavy (non-hydrogen) atoms. The molecule has 3 nitrogen and oxygen atoms in total. The third kappa shape index (κ3) is 5.39. The van der Waals surface area contributed by atoms with E-state index in [1.165, 1.54) is 0 Å². The Labute approximate surface area is 108 Å². The van der Waals surface area contributed by atoms with Gasteiger partial charge in [-0.15, -0.1) is 0 Å². The first-order valence-electron chi connectivity index (χ1n) is 5.79. The maximum atomic E-state index is 9.67. The van der Waals surface area contributed by atoms with Crippen molar-refractivity contribution in [2.75, 3.05) is 13.2 Å². The number of benzene rings is 1. The molecule has 0 amide bonds. The van der Waals surface area contributed by atoms with Crippen molar-refractivity contribution < 1.29 is 9.84 Å². The highest BCUT2D eigenvalue weighted by Gasteiger charge is 2.07. The van der Waals surface area contributed by atoms with Gasteiger partial charge in [-0.3, -0.25) is 0 Å². The number of aliphatic hydroxyl groups is 1. The van der Waals surface area contributed by atoms with Gasteiger partial charge in [-0.25, -0.2) is 0 Å². The van der Waals surface area contributed by atoms with Gasteiger partial charge in [0.2, 0.25) is 0 Å². The van der Waals surface area contributed by atoms with Crippen molar-refractivity contribution in [2.45, 2.75) is 32.9 Å². The van der Waals surface area contributed by atoms with Gasteiger partial charge < -0.3 is 15.2 Å². The van der Waals surface area contributed by atoms with Crippen molar-refractivity contribution >= 4 is 11.6 Å². The van der Waals surface area contributed by atoms with Crippen LogP contribution in [0.25, 0.3) is 0 Å². The van der Waals surface area contributed by atoms with Crippen LogP contribution < -0.4 is 10.1 Å². The molecule has 0 saturated heterocycles. The number of rotatable bonds is 6. The zero-order valence-electron chi connectivity index (χ0n) is 10.5. The van der Waals surface area contributed by atoms with Crippen LogP contribution in [0, 0.1) is 6.92 Å². The Morgan fingerprint density at radius 1 is 1.41 bits per heavy atom. The minimum atomic E-state index is -0.533. The van der Waals surface area contributed by atoms with Crippen LogP contribution in [-0.2, 0) is 0 Å². The van der Waals surface area contributed by atoms with Gasteiger partial charge in [0.25, 0.3) is 0 Å². The molecule has 1 unspecified atom stereocenters. The number of hydrogen-bond acceptors (Lipinski definition) is 3. The van der Waals surface area contributed by atoms with Gasteiger partial charge in [-0.2, -0.15) is 0 Å². The van der Waals surface area contributed by atoms with E-state index in [2.05, 4.69) is 5.32 Å². The standard InChI is InChI=1S/C13H20ClNO2/c1-9(2)15-7-11(16)8-17-13-5-4-10(3)6-12(13)14/h4-6,9,11,15-16H,7-8H2,1-3H3. The third-order valence-corrected chi connectivity index (χ3v) is 2.58. The molecule has 0 heterocycles. The first-order chi connectivity index (χ1) is 7.99. The molecule has 0 fully saturated rings. The van der Waals surface area contributed by atoms with Crippen LogP contribution in [-0.4, -0.2) is 30.4 Å². The van der Waals surface area contributed by atoms with Gasteiger partial charge >= 0.3 is 0 Å². The number of halogens is 1. The lowest BCUT2D eigenvalue weighted by Crippen LogP contribution is -2.35. The van der Waals surface area contributed by atoms with Crippen molar-refractivity contribution in [3.8, 4) is 5.75 Å². The fourth-order valence-corrected chi connectivity index (χ4v) is 1.63. The van der Waals surface area contributed by atoms with Crippen LogP contribution in [0.1, 0.15) is 19.4 Å². The number of aryl methyl sites for hydroxylation is 1. The normalized spacial score (nSPS) is 12.8. The fourth-order valence-electron chi connectivity index (χ4n) is 1.34. The highest BCUT2D eigenvalue weighted by Crippen LogP contribution is 2.25. The zero-order valence-corrected chi connectivity index (χ0v) is 11.3. The Bertz CT molecular complexity index is 355. The molecule has 0 saturated carbocycles. The maximum Gasteiger partial charge on any atom is 0.138 e. The highest BCUT2D eigenvalue weighted by molar-refractivity contribution is 6.32. The van der Waals surface area contributed by atoms with Gasteiger partial charge in [0.05, 0.1) is 5.02 Å². The summed E-state index contributed by atoms with van der Waals surface area (Å²) < 4.78 is 5.46. The number of hydrogen-bond donors (Lipinski definition) is 2. The van der Waals surface area contributed by atoms with Gasteiger partial charge in [0.1, 0.15) is 18.5 Å². The van der Waals surface area contributed by atoms with Gasteiger partial charge in [0.15, 0.2) is 0 Å². The Kier molecular flexibility index (Phi) is 5.75. The highest BCUT2D eigenvalue weighted by atomic mass is 35.5. The summed E-state index contributed by atoms with van der Waals surface area (Å²) in [6.07, 6.45) is -0.533. The van der Waals surface area contributed by atoms with Crippen molar-refractivity contribution in [1.29, 1.82) is 0 Å². The van der Waals surface area contributed by atoms with E-state index in [4.69, 9.17) is 16.3 Å². The van der Waals surface area contributed by atoms with E-state index < -0.39 is 6.10 Å². The summed E-state index contributed by atoms with van der Waals surface area (Å²) >= 11 is 6.02. The SMILES string of the molecule is Cc1ccc(OCC(O)CNC(C)C)c(Cl)c1. The Morgan fingerprint density at radius 2 is 2.12 bits per heavy atom. The van der Waals surface area contributed by atoms with Crippen molar-refractivity contribution in [1.82, 2.24) is 5.32 Å². The summed E-state index contributed by atoms with van der Waals surface area (Å²) in [6, 6.07) is 5.95. The summed E-state index contributed by atoms with van der Waals surface area (Å²) in [6.45, 7) is 6.79. The summed E-state index contributed by atoms with van der Waals surface area (Å²) in [5.74, 6) is 0.612. The molecule has 4 heteroatoms. The van der Waals surface area contributed by atoms with Crippen LogP contribution >= 0.6 is 11.6 Å². The van der Waals surface area contributed by atoms with Gasteiger partial charge in [-0.1, -0.05) is 31.5 Å². The Balaban J connectivity index is 2.39. The van der Waals surface area contributed by atoms with E-state index in [0.29, 0.717) is 23.4 Å². The smallest absolute Gasteiger partial charge is 0.138 e. The summed E-state index contributed by atoms with van der Waals surface area (Å²) in [5.41, 5.74) is 1.09. The largest absolute Gasteiger partial charge is 0.489 e. The third-order valence-electron chi connectivity index (χ3n) is 2.28. The molecule has 0 spiro atoms. The lowest BCUT2D eigenvalue weighted by atomic mass is 10.2. The lowest BCUT2D eigenvalue weighted by molar-refractivity contribution is 0.105. The van der Waals surface area contributed by atoms with Crippen LogP contribution in [0.15, 0.2) is 18.2 Å². The maximum absolute atomic E-state index is 9.67. The number of ether oxygens (including phenoxy) is 1. The molecule has 1 atom stereocenters. The second-order valence-corrected chi connectivity index (χ2v) is 4.87. The van der Waals surface area contributed by atoms with E-state index >= 15 is 0 Å². The molecule has 1 aromatic rings. The predicted molar refractivity (Wildman–Crippen MR) is 70.8 cm³/mol. The van der Waals surface area contributed by atoms with Crippen molar-refractivity contribution in [3.63, 3.8) is 0 Å². The minimum absolute atomic E-state index is 0.239. The quantitative estimate of drug-likeness (QED) is 0.822. The first kappa shape index (κ1) is 14.3. The molecule has 0 aliphatic heterocycles. The molecule has 96 valence electrons. The van der Waals surface area contributed by atoms with E-state index in [1.807, 2.05) is 39.0 Å². The van der Waals surface area contributed by atoms with Gasteiger partial charge in [0, 0.05) is 12.6 Å². The molecule has 0 aromatic heterocycles. The van der Waals surface area contributed by atoms with Crippen LogP contribution in [0.3, 0.4) is 0 Å². The average Bonchev–Trinajstić information content (AvgIpc) is 2.25. The molecule has 2 N–H and O–H groups in total. The zero-order chi connectivity index (χ0) is 12.8. The molecule has 0 aliphatic carbocycles. The van der Waals surface area contributed by atoms with Crippen LogP contribution in [0.4, 0.5) is 0 Å². The van der Waals surface area contributed by atoms with E-state index in [-0.39, 0.29) is 6.61 Å². The predicted octanol–water partition coefficient (Wildman–Crippen LogP) is 2.39. The Hall–Kier alpha value is -0.770. The molecular weight excluding hydrogens is 238 g/mol. The monoisotopic (exact) mass is 257 g/mol. The average molecular weight is 258 g/mol. The lowest BCUT2D eigenvalue weighted by Gasteiger charge is -2.15. The second kappa shape index (κ2) is 6.84. The summed E-state index contributed by atoms with van der Waals surface area (Å²) in [4.78, 5) is 0. The van der Waals surface area contributed by atoms with Gasteiger partial charge in [-0.05, 0) is 24.6 Å². The molecule has 0 radical (unpaired) electrons. The Morgan fingerprint density at radius 3 is 2.71 bits per heavy atom. The molecule has 1 rings (SSSR count). The molecule has 1 aromatic carbocycles. The topological polar surface area (TPSA) is 41.5 Å².